The molecule has 0 saturated carbocycles. The Morgan fingerprint density at radius 3 is 2.92 bits per heavy atom. The van der Waals surface area contributed by atoms with Gasteiger partial charge >= 0.3 is 0 Å². The number of aliphatic imine (C=N–C) groups is 1. The van der Waals surface area contributed by atoms with E-state index >= 15 is 0 Å². The van der Waals surface area contributed by atoms with Crippen molar-refractivity contribution in [3.63, 3.8) is 0 Å². The fourth-order valence-electron chi connectivity index (χ4n) is 0.827. The normalized spacial score (nSPS) is 10.8. The first kappa shape index (κ1) is 8.64. The molecule has 0 bridgehead atoms. The zero-order valence-corrected chi connectivity index (χ0v) is 7.28. The molecule has 1 aromatic heterocycles. The van der Waals surface area contributed by atoms with Gasteiger partial charge in [-0.15, -0.1) is 0 Å². The summed E-state index contributed by atoms with van der Waals surface area (Å²) >= 11 is 0. The topological polar surface area (TPSA) is 64.2 Å². The van der Waals surface area contributed by atoms with E-state index in [1.54, 1.807) is 6.21 Å². The van der Waals surface area contributed by atoms with Crippen LogP contribution in [0.3, 0.4) is 0 Å². The molecule has 0 radical (unpaired) electrons. The molecule has 12 heavy (non-hydrogen) atoms. The largest absolute Gasteiger partial charge is 0.382 e. The summed E-state index contributed by atoms with van der Waals surface area (Å²) in [5.74, 6) is 0.437. The number of hydrogen-bond donors (Lipinski definition) is 1. The Hall–Kier alpha value is -1.45. The maximum Gasteiger partial charge on any atom is 0.153 e. The van der Waals surface area contributed by atoms with E-state index in [1.807, 2.05) is 13.8 Å². The van der Waals surface area contributed by atoms with Gasteiger partial charge in [0, 0.05) is 6.21 Å². The van der Waals surface area contributed by atoms with Crippen LogP contribution in [0.4, 0.5) is 11.5 Å². The van der Waals surface area contributed by atoms with Gasteiger partial charge < -0.3 is 5.73 Å². The molecule has 1 aromatic rings. The van der Waals surface area contributed by atoms with E-state index < -0.39 is 0 Å². The third-order valence-corrected chi connectivity index (χ3v) is 1.44. The maximum atomic E-state index is 5.60. The molecule has 0 aliphatic heterocycles. The number of hydrogen-bond acceptors (Lipinski definition) is 4. The average molecular weight is 164 g/mol. The van der Waals surface area contributed by atoms with Crippen LogP contribution in [0.25, 0.3) is 0 Å². The molecule has 64 valence electrons. The standard InChI is InChI=1S/C8H12N4/c1-3-4-10-7-6(2)11-5-12-8(7)9/h4-5H,3H2,1-2H3,(H2,9,11,12)/b10-4-. The summed E-state index contributed by atoms with van der Waals surface area (Å²) < 4.78 is 0. The second-order valence-corrected chi connectivity index (χ2v) is 2.41. The molecular weight excluding hydrogens is 152 g/mol. The highest BCUT2D eigenvalue weighted by molar-refractivity contribution is 5.69. The summed E-state index contributed by atoms with van der Waals surface area (Å²) in [5, 5.41) is 0. The molecule has 0 aliphatic carbocycles. The molecule has 0 aliphatic rings. The van der Waals surface area contributed by atoms with Crippen LogP contribution in [-0.2, 0) is 0 Å². The minimum Gasteiger partial charge on any atom is -0.382 e. The van der Waals surface area contributed by atoms with E-state index in [0.717, 1.165) is 12.1 Å². The fourth-order valence-corrected chi connectivity index (χ4v) is 0.827. The van der Waals surface area contributed by atoms with Gasteiger partial charge in [0.1, 0.15) is 12.0 Å². The number of aromatic nitrogens is 2. The van der Waals surface area contributed by atoms with Crippen LogP contribution in [0.2, 0.25) is 0 Å². The number of rotatable bonds is 2. The van der Waals surface area contributed by atoms with Gasteiger partial charge in [0.25, 0.3) is 0 Å². The first-order valence-electron chi connectivity index (χ1n) is 3.85. The van der Waals surface area contributed by atoms with Gasteiger partial charge in [-0.1, -0.05) is 6.92 Å². The van der Waals surface area contributed by atoms with E-state index in [0.29, 0.717) is 11.5 Å². The van der Waals surface area contributed by atoms with Crippen molar-refractivity contribution in [2.45, 2.75) is 20.3 Å². The SMILES string of the molecule is CC/C=N\c1c(C)ncnc1N. The minimum atomic E-state index is 0.437. The molecule has 0 atom stereocenters. The number of nitrogens with zero attached hydrogens (tertiary/aromatic N) is 3. The van der Waals surface area contributed by atoms with Gasteiger partial charge in [-0.3, -0.25) is 4.99 Å². The predicted octanol–water partition coefficient (Wildman–Crippen LogP) is 1.48. The van der Waals surface area contributed by atoms with E-state index in [-0.39, 0.29) is 0 Å². The van der Waals surface area contributed by atoms with Crippen molar-refractivity contribution in [2.75, 3.05) is 5.73 Å². The molecule has 1 heterocycles. The van der Waals surface area contributed by atoms with Crippen molar-refractivity contribution >= 4 is 17.7 Å². The maximum absolute atomic E-state index is 5.60. The molecule has 4 nitrogen and oxygen atoms in total. The van der Waals surface area contributed by atoms with Crippen molar-refractivity contribution < 1.29 is 0 Å². The van der Waals surface area contributed by atoms with Gasteiger partial charge in [-0.2, -0.15) is 0 Å². The highest BCUT2D eigenvalue weighted by Crippen LogP contribution is 2.20. The van der Waals surface area contributed by atoms with Crippen molar-refractivity contribution in [3.05, 3.63) is 12.0 Å². The lowest BCUT2D eigenvalue weighted by atomic mass is 10.3. The third kappa shape index (κ3) is 1.78. The lowest BCUT2D eigenvalue weighted by molar-refractivity contribution is 1.10. The van der Waals surface area contributed by atoms with Crippen LogP contribution >= 0.6 is 0 Å². The Bertz CT molecular complexity index is 273. The van der Waals surface area contributed by atoms with Crippen molar-refractivity contribution in [2.24, 2.45) is 4.99 Å². The Morgan fingerprint density at radius 1 is 1.58 bits per heavy atom. The summed E-state index contributed by atoms with van der Waals surface area (Å²) in [4.78, 5) is 12.0. The Balaban J connectivity index is 3.04. The van der Waals surface area contributed by atoms with Crippen LogP contribution in [0.5, 0.6) is 0 Å². The predicted molar refractivity (Wildman–Crippen MR) is 49.6 cm³/mol. The van der Waals surface area contributed by atoms with Gasteiger partial charge in [-0.05, 0) is 13.3 Å². The molecule has 4 heteroatoms. The zero-order valence-electron chi connectivity index (χ0n) is 7.28. The summed E-state index contributed by atoms with van der Waals surface area (Å²) in [6.07, 6.45) is 4.12. The zero-order chi connectivity index (χ0) is 8.97. The second kappa shape index (κ2) is 3.80. The van der Waals surface area contributed by atoms with Crippen molar-refractivity contribution in [1.82, 2.24) is 9.97 Å². The Kier molecular flexibility index (Phi) is 2.74. The van der Waals surface area contributed by atoms with Crippen molar-refractivity contribution in [1.29, 1.82) is 0 Å². The molecule has 0 spiro atoms. The summed E-state index contributed by atoms with van der Waals surface area (Å²) in [6.45, 7) is 3.87. The molecule has 0 saturated heterocycles. The van der Waals surface area contributed by atoms with Crippen LogP contribution in [0.15, 0.2) is 11.3 Å². The first-order chi connectivity index (χ1) is 5.75. The molecule has 2 N–H and O–H groups in total. The number of nitrogens with two attached hydrogens (primary N) is 1. The van der Waals surface area contributed by atoms with Gasteiger partial charge in [0.2, 0.25) is 0 Å². The smallest absolute Gasteiger partial charge is 0.153 e. The molecule has 0 aromatic carbocycles. The highest BCUT2D eigenvalue weighted by Gasteiger charge is 2.01. The fraction of sp³-hybridized carbons (Fsp3) is 0.375. The lowest BCUT2D eigenvalue weighted by Crippen LogP contribution is -1.94. The quantitative estimate of drug-likeness (QED) is 0.673. The van der Waals surface area contributed by atoms with Crippen molar-refractivity contribution in [3.8, 4) is 0 Å². The van der Waals surface area contributed by atoms with Crippen LogP contribution in [0.1, 0.15) is 19.0 Å². The van der Waals surface area contributed by atoms with E-state index in [1.165, 1.54) is 6.33 Å². The third-order valence-electron chi connectivity index (χ3n) is 1.44. The lowest BCUT2D eigenvalue weighted by Gasteiger charge is -2.00. The van der Waals surface area contributed by atoms with Gasteiger partial charge in [0.05, 0.1) is 5.69 Å². The molecule has 0 unspecified atom stereocenters. The van der Waals surface area contributed by atoms with E-state index in [4.69, 9.17) is 5.73 Å². The van der Waals surface area contributed by atoms with Gasteiger partial charge in [-0.25, -0.2) is 9.97 Å². The number of anilines is 1. The van der Waals surface area contributed by atoms with Crippen LogP contribution in [0, 0.1) is 6.92 Å². The van der Waals surface area contributed by atoms with E-state index in [2.05, 4.69) is 15.0 Å². The second-order valence-electron chi connectivity index (χ2n) is 2.41. The molecule has 0 amide bonds. The summed E-state index contributed by atoms with van der Waals surface area (Å²) in [7, 11) is 0. The molecule has 0 fully saturated rings. The highest BCUT2D eigenvalue weighted by atomic mass is 15.0. The van der Waals surface area contributed by atoms with Gasteiger partial charge in [0.15, 0.2) is 5.82 Å². The van der Waals surface area contributed by atoms with E-state index in [9.17, 15) is 0 Å². The number of aryl methyl sites for hydroxylation is 1. The Morgan fingerprint density at radius 2 is 2.33 bits per heavy atom. The average Bonchev–Trinajstić information content (AvgIpc) is 2.04. The first-order valence-corrected chi connectivity index (χ1v) is 3.85. The molecule has 1 rings (SSSR count). The number of nitrogen functional groups attached to an aromatic ring is 1. The summed E-state index contributed by atoms with van der Waals surface area (Å²) in [6, 6.07) is 0. The van der Waals surface area contributed by atoms with Crippen LogP contribution < -0.4 is 5.73 Å². The Labute approximate surface area is 71.6 Å². The minimum absolute atomic E-state index is 0.437. The summed E-state index contributed by atoms with van der Waals surface area (Å²) in [5.41, 5.74) is 7.09. The van der Waals surface area contributed by atoms with Crippen LogP contribution in [-0.4, -0.2) is 16.2 Å². The molecular formula is C8H12N4. The monoisotopic (exact) mass is 164 g/mol.